The van der Waals surface area contributed by atoms with E-state index in [4.69, 9.17) is 17.5 Å². The first kappa shape index (κ1) is 50.4. The predicted molar refractivity (Wildman–Crippen MR) is 171 cm³/mol. The van der Waals surface area contributed by atoms with E-state index < -0.39 is 10.4 Å². The van der Waals surface area contributed by atoms with Crippen LogP contribution in [0, 0.1) is 0 Å². The van der Waals surface area contributed by atoms with Gasteiger partial charge >= 0.3 is 59.1 Å². The molecule has 0 fully saturated rings. The first-order chi connectivity index (χ1) is 19.3. The van der Waals surface area contributed by atoms with Crippen molar-refractivity contribution in [1.82, 2.24) is 0 Å². The molecule has 0 aromatic rings. The van der Waals surface area contributed by atoms with Crippen LogP contribution in [0.4, 0.5) is 0 Å². The number of rotatable bonds is 30. The summed E-state index contributed by atoms with van der Waals surface area (Å²) in [6.45, 7) is 4.58. The Balaban J connectivity index is -0.000000943. The zero-order valence-corrected chi connectivity index (χ0v) is 33.5. The van der Waals surface area contributed by atoms with Crippen molar-refractivity contribution >= 4 is 10.4 Å². The largest absolute Gasteiger partial charge is 1.00 e. The number of allylic oxidation sites excluding steroid dienone is 2. The molecule has 0 spiro atoms. The van der Waals surface area contributed by atoms with Crippen molar-refractivity contribution in [3.63, 3.8) is 0 Å². The van der Waals surface area contributed by atoms with Gasteiger partial charge in [-0.05, 0) is 38.5 Å². The van der Waals surface area contributed by atoms with Gasteiger partial charge in [-0.3, -0.25) is 8.42 Å². The van der Waals surface area contributed by atoms with Crippen LogP contribution in [0.5, 0.6) is 0 Å². The summed E-state index contributed by atoms with van der Waals surface area (Å²) in [5, 5.41) is 10.2. The van der Waals surface area contributed by atoms with E-state index in [1.165, 1.54) is 173 Å². The van der Waals surface area contributed by atoms with E-state index in [1.807, 2.05) is 0 Å². The van der Waals surface area contributed by atoms with Crippen LogP contribution in [0.25, 0.3) is 0 Å². The van der Waals surface area contributed by atoms with Gasteiger partial charge < -0.3 is 14.2 Å². The monoisotopic (exact) mass is 634 g/mol. The van der Waals surface area contributed by atoms with Gasteiger partial charge in [0.15, 0.2) is 0 Å². The molecule has 0 aliphatic rings. The molecule has 0 aliphatic heterocycles. The summed E-state index contributed by atoms with van der Waals surface area (Å²) >= 11 is 0. The third kappa shape index (κ3) is 57.3. The molecule has 0 rings (SSSR count). The van der Waals surface area contributed by atoms with Crippen LogP contribution in [0.15, 0.2) is 12.2 Å². The number of aliphatic hydroxyl groups excluding tert-OH is 1. The van der Waals surface area contributed by atoms with Crippen LogP contribution >= 0.6 is 0 Å². The van der Waals surface area contributed by atoms with Gasteiger partial charge in [-0.2, -0.15) is 0 Å². The number of unbranched alkanes of at least 4 members (excludes halogenated alkanes) is 24. The third-order valence-corrected chi connectivity index (χ3v) is 7.69. The second-order valence-corrected chi connectivity index (χ2v) is 12.6. The number of hydrogen-bond acceptors (Lipinski definition) is 5. The molecule has 0 bridgehead atoms. The summed E-state index contributed by atoms with van der Waals surface area (Å²) in [7, 11) is -5.17. The Morgan fingerprint density at radius 3 is 0.952 bits per heavy atom. The summed E-state index contributed by atoms with van der Waals surface area (Å²) in [6, 6.07) is 0. The quantitative estimate of drug-likeness (QED) is 0.0397. The van der Waals surface area contributed by atoms with Gasteiger partial charge in [0, 0.05) is 10.4 Å². The topological polar surface area (TPSA) is 100 Å². The maximum Gasteiger partial charge on any atom is 1.00 e. The summed E-state index contributed by atoms with van der Waals surface area (Å²) in [6.07, 6.45) is 44.0. The van der Waals surface area contributed by atoms with E-state index in [1.54, 1.807) is 0 Å². The van der Waals surface area contributed by atoms with E-state index in [0.717, 1.165) is 12.8 Å². The van der Waals surface area contributed by atoms with E-state index in [0.29, 0.717) is 0 Å². The fraction of sp³-hybridized carbons (Fsp3) is 0.941. The molecule has 5 nitrogen and oxygen atoms in total. The molecular formula is C34H68Na2O5S. The van der Waals surface area contributed by atoms with Gasteiger partial charge in [-0.1, -0.05) is 174 Å². The summed E-state index contributed by atoms with van der Waals surface area (Å²) in [4.78, 5) is 0. The first-order valence-corrected chi connectivity index (χ1v) is 18.6. The Morgan fingerprint density at radius 2 is 0.690 bits per heavy atom. The van der Waals surface area contributed by atoms with Crippen LogP contribution in [-0.4, -0.2) is 28.7 Å². The molecule has 1 atom stereocenters. The van der Waals surface area contributed by atoms with Gasteiger partial charge in [0.2, 0.25) is 0 Å². The van der Waals surface area contributed by atoms with E-state index in [-0.39, 0.29) is 65.2 Å². The molecule has 8 heteroatoms. The molecule has 0 heterocycles. The Labute approximate surface area is 307 Å². The second-order valence-electron chi connectivity index (χ2n) is 11.8. The first-order valence-electron chi connectivity index (χ1n) is 17.3. The Morgan fingerprint density at radius 1 is 0.476 bits per heavy atom. The van der Waals surface area contributed by atoms with Gasteiger partial charge in [0.05, 0.1) is 6.10 Å². The maximum absolute atomic E-state index is 10.2. The van der Waals surface area contributed by atoms with E-state index in [9.17, 15) is 5.11 Å². The van der Waals surface area contributed by atoms with Crippen molar-refractivity contribution in [2.45, 2.75) is 206 Å². The fourth-order valence-electron chi connectivity index (χ4n) is 5.17. The van der Waals surface area contributed by atoms with Crippen molar-refractivity contribution in [3.05, 3.63) is 12.2 Å². The zero-order valence-electron chi connectivity index (χ0n) is 28.7. The summed E-state index contributed by atoms with van der Waals surface area (Å²) in [5.74, 6) is 0. The standard InChI is InChI=1S/C34H68O.2Na.H2O4S/c1-3-5-7-9-11-13-15-17-18-19-21-23-25-27-29-31-33-34(35)32-30-28-26-24-22-20-16-14-12-10-8-6-4-2;;;1-5(2,3)4/h17-18,34-35H,3-16,19-33H2,1-2H3;;;(H2,1,2,3,4)/q;2*+1;/p-2. The minimum Gasteiger partial charge on any atom is -0.759 e. The van der Waals surface area contributed by atoms with E-state index >= 15 is 0 Å². The second kappa shape index (κ2) is 42.6. The molecule has 0 amide bonds. The molecule has 0 aromatic carbocycles. The molecular weight excluding hydrogens is 566 g/mol. The fourth-order valence-corrected chi connectivity index (χ4v) is 5.17. The van der Waals surface area contributed by atoms with Crippen molar-refractivity contribution in [1.29, 1.82) is 0 Å². The van der Waals surface area contributed by atoms with Crippen molar-refractivity contribution in [2.75, 3.05) is 0 Å². The smallest absolute Gasteiger partial charge is 0.759 e. The summed E-state index contributed by atoms with van der Waals surface area (Å²) < 4.78 is 34.1. The van der Waals surface area contributed by atoms with Crippen molar-refractivity contribution in [3.8, 4) is 0 Å². The van der Waals surface area contributed by atoms with Crippen LogP contribution in [0.3, 0.4) is 0 Å². The minimum absolute atomic E-state index is 0. The Bertz CT molecular complexity index is 595. The Hall–Kier alpha value is 1.57. The molecule has 1 N–H and O–H groups in total. The molecule has 0 aromatic heterocycles. The third-order valence-electron chi connectivity index (χ3n) is 7.69. The molecule has 0 radical (unpaired) electrons. The van der Waals surface area contributed by atoms with Gasteiger partial charge in [-0.25, -0.2) is 0 Å². The SMILES string of the molecule is CCCCCCCCC=CCCCCCCCCC(O)CCCCCCCCCCCCCCC.O=S(=O)([O-])[O-].[Na+].[Na+]. The van der Waals surface area contributed by atoms with Crippen LogP contribution in [0.1, 0.15) is 200 Å². The zero-order chi connectivity index (χ0) is 30.0. The number of aliphatic hydroxyl groups is 1. The molecule has 42 heavy (non-hydrogen) atoms. The van der Waals surface area contributed by atoms with Gasteiger partial charge in [-0.15, -0.1) is 0 Å². The molecule has 1 unspecified atom stereocenters. The predicted octanol–water partition coefficient (Wildman–Crippen LogP) is 4.93. The Kier molecular flexibility index (Phi) is 51.1. The minimum atomic E-state index is -5.17. The van der Waals surface area contributed by atoms with E-state index in [2.05, 4.69) is 26.0 Å². The van der Waals surface area contributed by atoms with Crippen molar-refractivity contribution < 1.29 is 81.7 Å². The van der Waals surface area contributed by atoms with Crippen LogP contribution in [-0.2, 0) is 10.4 Å². The average Bonchev–Trinajstić information content (AvgIpc) is 2.90. The van der Waals surface area contributed by atoms with Crippen molar-refractivity contribution in [2.24, 2.45) is 0 Å². The van der Waals surface area contributed by atoms with Gasteiger partial charge in [0.1, 0.15) is 0 Å². The van der Waals surface area contributed by atoms with Crippen LogP contribution in [0.2, 0.25) is 0 Å². The molecule has 0 aliphatic carbocycles. The van der Waals surface area contributed by atoms with Crippen LogP contribution < -0.4 is 59.1 Å². The maximum atomic E-state index is 10.2. The molecule has 0 saturated carbocycles. The summed E-state index contributed by atoms with van der Waals surface area (Å²) in [5.41, 5.74) is 0. The molecule has 0 saturated heterocycles. The normalized spacial score (nSPS) is 11.9. The number of hydrogen-bond donors (Lipinski definition) is 1. The van der Waals surface area contributed by atoms with Gasteiger partial charge in [0.25, 0.3) is 0 Å². The average molecular weight is 635 g/mol. The molecule has 242 valence electrons.